The van der Waals surface area contributed by atoms with Gasteiger partial charge in [-0.2, -0.15) is 0 Å². The van der Waals surface area contributed by atoms with Crippen molar-refractivity contribution >= 4 is 5.97 Å². The summed E-state index contributed by atoms with van der Waals surface area (Å²) in [5.41, 5.74) is 0.0239. The van der Waals surface area contributed by atoms with E-state index in [1.807, 2.05) is 0 Å². The van der Waals surface area contributed by atoms with Crippen molar-refractivity contribution in [1.82, 2.24) is 5.32 Å². The summed E-state index contributed by atoms with van der Waals surface area (Å²) in [4.78, 5) is 11.0. The van der Waals surface area contributed by atoms with Crippen molar-refractivity contribution in [2.75, 3.05) is 13.1 Å². The summed E-state index contributed by atoms with van der Waals surface area (Å²) in [7, 11) is 0. The van der Waals surface area contributed by atoms with E-state index in [9.17, 15) is 4.79 Å². The molecule has 0 heterocycles. The number of nitrogens with one attached hydrogen (secondary N) is 1. The summed E-state index contributed by atoms with van der Waals surface area (Å²) >= 11 is 0. The van der Waals surface area contributed by atoms with Crippen LogP contribution >= 0.6 is 0 Å². The van der Waals surface area contributed by atoms with E-state index in [1.54, 1.807) is 0 Å². The highest BCUT2D eigenvalue weighted by molar-refractivity contribution is 5.67. The number of rotatable bonds is 7. The number of carboxylic acids is 1. The zero-order valence-electron chi connectivity index (χ0n) is 11.1. The lowest BCUT2D eigenvalue weighted by Crippen LogP contribution is -2.36. The largest absolute Gasteiger partial charge is 0.481 e. The van der Waals surface area contributed by atoms with E-state index in [2.05, 4.69) is 12.2 Å². The third-order valence-corrected chi connectivity index (χ3v) is 3.90. The Morgan fingerprint density at radius 1 is 1.24 bits per heavy atom. The molecule has 0 bridgehead atoms. The predicted octanol–water partition coefficient (Wildman–Crippen LogP) is 3.19. The van der Waals surface area contributed by atoms with Crippen LogP contribution in [-0.2, 0) is 4.79 Å². The molecule has 0 radical (unpaired) electrons. The van der Waals surface area contributed by atoms with Gasteiger partial charge in [-0.05, 0) is 31.2 Å². The normalized spacial score (nSPS) is 19.8. The zero-order chi connectivity index (χ0) is 12.6. The molecule has 100 valence electrons. The molecule has 0 atom stereocenters. The molecule has 17 heavy (non-hydrogen) atoms. The van der Waals surface area contributed by atoms with Crippen molar-refractivity contribution in [3.8, 4) is 0 Å². The van der Waals surface area contributed by atoms with Crippen molar-refractivity contribution in [3.63, 3.8) is 0 Å². The first kappa shape index (κ1) is 14.5. The predicted molar refractivity (Wildman–Crippen MR) is 70.2 cm³/mol. The van der Waals surface area contributed by atoms with Crippen molar-refractivity contribution in [2.24, 2.45) is 5.41 Å². The van der Waals surface area contributed by atoms with Gasteiger partial charge in [0.1, 0.15) is 0 Å². The SMILES string of the molecule is CCCCNCC1(CC(=O)O)CCCCCC1. The first-order valence-corrected chi connectivity index (χ1v) is 7.11. The minimum atomic E-state index is -0.635. The van der Waals surface area contributed by atoms with Crippen LogP contribution in [0.3, 0.4) is 0 Å². The monoisotopic (exact) mass is 241 g/mol. The molecular weight excluding hydrogens is 214 g/mol. The first-order valence-electron chi connectivity index (χ1n) is 7.11. The van der Waals surface area contributed by atoms with Crippen LogP contribution in [0.15, 0.2) is 0 Å². The van der Waals surface area contributed by atoms with Gasteiger partial charge in [0.15, 0.2) is 0 Å². The third-order valence-electron chi connectivity index (χ3n) is 3.90. The van der Waals surface area contributed by atoms with Gasteiger partial charge in [0.25, 0.3) is 0 Å². The van der Waals surface area contributed by atoms with Crippen molar-refractivity contribution in [1.29, 1.82) is 0 Å². The van der Waals surface area contributed by atoms with Crippen LogP contribution in [0, 0.1) is 5.41 Å². The number of carboxylic acid groups (broad SMARTS) is 1. The fourth-order valence-electron chi connectivity index (χ4n) is 2.87. The van der Waals surface area contributed by atoms with Crippen LogP contribution in [0.1, 0.15) is 64.7 Å². The average Bonchev–Trinajstić information content (AvgIpc) is 2.50. The molecule has 0 spiro atoms. The minimum absolute atomic E-state index is 0.0239. The van der Waals surface area contributed by atoms with Crippen LogP contribution in [0.5, 0.6) is 0 Å². The number of unbranched alkanes of at least 4 members (excludes halogenated alkanes) is 1. The quantitative estimate of drug-likeness (QED) is 0.531. The molecular formula is C14H27NO2. The highest BCUT2D eigenvalue weighted by atomic mass is 16.4. The summed E-state index contributed by atoms with van der Waals surface area (Å²) in [6, 6.07) is 0. The molecule has 0 aromatic heterocycles. The van der Waals surface area contributed by atoms with Crippen molar-refractivity contribution in [3.05, 3.63) is 0 Å². The lowest BCUT2D eigenvalue weighted by Gasteiger charge is -2.31. The van der Waals surface area contributed by atoms with Gasteiger partial charge in [-0.3, -0.25) is 4.79 Å². The van der Waals surface area contributed by atoms with E-state index >= 15 is 0 Å². The molecule has 0 aromatic carbocycles. The van der Waals surface area contributed by atoms with Crippen molar-refractivity contribution in [2.45, 2.75) is 64.7 Å². The van der Waals surface area contributed by atoms with Gasteiger partial charge in [-0.15, -0.1) is 0 Å². The maximum atomic E-state index is 11.0. The maximum absolute atomic E-state index is 11.0. The third kappa shape index (κ3) is 5.53. The molecule has 1 rings (SSSR count). The molecule has 0 amide bonds. The molecule has 0 aliphatic heterocycles. The van der Waals surface area contributed by atoms with Crippen LogP contribution in [0.25, 0.3) is 0 Å². The molecule has 3 nitrogen and oxygen atoms in total. The smallest absolute Gasteiger partial charge is 0.303 e. The fourth-order valence-corrected chi connectivity index (χ4v) is 2.87. The summed E-state index contributed by atoms with van der Waals surface area (Å²) in [5, 5.41) is 12.6. The number of hydrogen-bond donors (Lipinski definition) is 2. The first-order chi connectivity index (χ1) is 8.18. The molecule has 1 aliphatic carbocycles. The summed E-state index contributed by atoms with van der Waals surface area (Å²) in [5.74, 6) is -0.635. The lowest BCUT2D eigenvalue weighted by atomic mass is 9.77. The minimum Gasteiger partial charge on any atom is -0.481 e. The molecule has 3 heteroatoms. The van der Waals surface area contributed by atoms with E-state index in [0.29, 0.717) is 6.42 Å². The van der Waals surface area contributed by atoms with Gasteiger partial charge in [-0.25, -0.2) is 0 Å². The van der Waals surface area contributed by atoms with Gasteiger partial charge in [-0.1, -0.05) is 39.0 Å². The van der Waals surface area contributed by atoms with Crippen LogP contribution < -0.4 is 5.32 Å². The molecule has 2 N–H and O–H groups in total. The summed E-state index contributed by atoms with van der Waals surface area (Å²) in [6.45, 7) is 4.09. The Hall–Kier alpha value is -0.570. The summed E-state index contributed by atoms with van der Waals surface area (Å²) < 4.78 is 0. The second kappa shape index (κ2) is 7.70. The molecule has 1 fully saturated rings. The second-order valence-electron chi connectivity index (χ2n) is 5.52. The molecule has 0 unspecified atom stereocenters. The maximum Gasteiger partial charge on any atom is 0.303 e. The van der Waals surface area contributed by atoms with Crippen LogP contribution in [0.4, 0.5) is 0 Å². The molecule has 1 aliphatic rings. The molecule has 0 saturated heterocycles. The van der Waals surface area contributed by atoms with Gasteiger partial charge in [0.2, 0.25) is 0 Å². The summed E-state index contributed by atoms with van der Waals surface area (Å²) in [6.07, 6.45) is 9.82. The average molecular weight is 241 g/mol. The van der Waals surface area contributed by atoms with Gasteiger partial charge >= 0.3 is 5.97 Å². The van der Waals surface area contributed by atoms with E-state index < -0.39 is 5.97 Å². The Labute approximate surface area is 105 Å². The number of carbonyl (C=O) groups is 1. The fraction of sp³-hybridized carbons (Fsp3) is 0.929. The Morgan fingerprint density at radius 2 is 1.88 bits per heavy atom. The van der Waals surface area contributed by atoms with Gasteiger partial charge in [0.05, 0.1) is 6.42 Å². The topological polar surface area (TPSA) is 49.3 Å². The van der Waals surface area contributed by atoms with E-state index in [1.165, 1.54) is 38.5 Å². The van der Waals surface area contributed by atoms with Crippen LogP contribution in [0.2, 0.25) is 0 Å². The molecule has 0 aromatic rings. The standard InChI is InChI=1S/C14H27NO2/c1-2-3-10-15-12-14(11-13(16)17)8-6-4-5-7-9-14/h15H,2-12H2,1H3,(H,16,17). The molecule has 1 saturated carbocycles. The highest BCUT2D eigenvalue weighted by Gasteiger charge is 2.32. The van der Waals surface area contributed by atoms with E-state index in [4.69, 9.17) is 5.11 Å². The second-order valence-corrected chi connectivity index (χ2v) is 5.52. The number of aliphatic carboxylic acids is 1. The Kier molecular flexibility index (Phi) is 6.56. The highest BCUT2D eigenvalue weighted by Crippen LogP contribution is 2.37. The lowest BCUT2D eigenvalue weighted by molar-refractivity contribution is -0.140. The Morgan fingerprint density at radius 3 is 2.41 bits per heavy atom. The number of hydrogen-bond acceptors (Lipinski definition) is 2. The van der Waals surface area contributed by atoms with E-state index in [-0.39, 0.29) is 5.41 Å². The zero-order valence-corrected chi connectivity index (χ0v) is 11.1. The van der Waals surface area contributed by atoms with Crippen molar-refractivity contribution < 1.29 is 9.90 Å². The Bertz CT molecular complexity index is 220. The van der Waals surface area contributed by atoms with Crippen LogP contribution in [-0.4, -0.2) is 24.2 Å². The Balaban J connectivity index is 2.47. The van der Waals surface area contributed by atoms with Gasteiger partial charge in [0, 0.05) is 6.54 Å². The van der Waals surface area contributed by atoms with E-state index in [0.717, 1.165) is 25.9 Å². The van der Waals surface area contributed by atoms with Gasteiger partial charge < -0.3 is 10.4 Å².